The van der Waals surface area contributed by atoms with Gasteiger partial charge in [-0.3, -0.25) is 9.59 Å². The van der Waals surface area contributed by atoms with Gasteiger partial charge in [-0.1, -0.05) is 6.07 Å². The van der Waals surface area contributed by atoms with Gasteiger partial charge in [-0.05, 0) is 31.0 Å². The molecular weight excluding hydrogens is 244 g/mol. The number of methoxy groups -OCH3 is 1. The summed E-state index contributed by atoms with van der Waals surface area (Å²) in [5.41, 5.74) is 2.45. The first kappa shape index (κ1) is 15.0. The van der Waals surface area contributed by atoms with Gasteiger partial charge in [0.05, 0.1) is 12.7 Å². The van der Waals surface area contributed by atoms with Crippen molar-refractivity contribution < 1.29 is 14.3 Å². The Hall–Kier alpha value is -2.04. The fourth-order valence-corrected chi connectivity index (χ4v) is 1.90. The van der Waals surface area contributed by atoms with Crippen molar-refractivity contribution in [2.75, 3.05) is 20.2 Å². The van der Waals surface area contributed by atoms with Crippen LogP contribution in [0.4, 0.5) is 0 Å². The van der Waals surface area contributed by atoms with E-state index in [4.69, 9.17) is 4.74 Å². The van der Waals surface area contributed by atoms with E-state index in [-0.39, 0.29) is 11.8 Å². The largest absolute Gasteiger partial charge is 0.496 e. The molecule has 0 bridgehead atoms. The van der Waals surface area contributed by atoms with Crippen molar-refractivity contribution in [1.82, 2.24) is 10.6 Å². The van der Waals surface area contributed by atoms with Gasteiger partial charge < -0.3 is 15.4 Å². The Morgan fingerprint density at radius 3 is 2.37 bits per heavy atom. The van der Waals surface area contributed by atoms with Gasteiger partial charge in [0.25, 0.3) is 5.91 Å². The number of aryl methyl sites for hydroxylation is 2. The van der Waals surface area contributed by atoms with E-state index < -0.39 is 0 Å². The molecular formula is C14H20N2O3. The van der Waals surface area contributed by atoms with E-state index in [1.54, 1.807) is 13.2 Å². The number of hydrogen-bond acceptors (Lipinski definition) is 3. The Morgan fingerprint density at radius 1 is 1.16 bits per heavy atom. The van der Waals surface area contributed by atoms with E-state index >= 15 is 0 Å². The van der Waals surface area contributed by atoms with Crippen molar-refractivity contribution in [3.8, 4) is 5.75 Å². The van der Waals surface area contributed by atoms with Crippen molar-refractivity contribution >= 4 is 11.8 Å². The third-order valence-corrected chi connectivity index (χ3v) is 2.65. The van der Waals surface area contributed by atoms with E-state index in [2.05, 4.69) is 10.6 Å². The van der Waals surface area contributed by atoms with Crippen LogP contribution in [0.1, 0.15) is 28.4 Å². The first-order valence-corrected chi connectivity index (χ1v) is 6.13. The molecule has 0 aliphatic heterocycles. The number of rotatable bonds is 5. The van der Waals surface area contributed by atoms with E-state index in [0.29, 0.717) is 24.4 Å². The molecule has 5 nitrogen and oxygen atoms in total. The molecule has 0 aliphatic rings. The molecule has 1 aromatic carbocycles. The Kier molecular flexibility index (Phi) is 5.36. The number of amides is 2. The molecule has 0 fully saturated rings. The third kappa shape index (κ3) is 4.28. The standard InChI is InChI=1S/C14H20N2O3/c1-9-7-10(2)13(19-4)12(8-9)14(18)16-6-5-15-11(3)17/h7-8H,5-6H2,1-4H3,(H,15,17)(H,16,18). The molecule has 2 N–H and O–H groups in total. The second kappa shape index (κ2) is 6.78. The minimum absolute atomic E-state index is 0.113. The Balaban J connectivity index is 2.73. The molecule has 1 aromatic rings. The van der Waals surface area contributed by atoms with Crippen LogP contribution in [0.15, 0.2) is 12.1 Å². The molecule has 0 aliphatic carbocycles. The molecule has 19 heavy (non-hydrogen) atoms. The molecule has 5 heteroatoms. The highest BCUT2D eigenvalue weighted by Crippen LogP contribution is 2.24. The van der Waals surface area contributed by atoms with E-state index in [1.807, 2.05) is 19.9 Å². The fourth-order valence-electron chi connectivity index (χ4n) is 1.90. The van der Waals surface area contributed by atoms with Gasteiger partial charge in [0.1, 0.15) is 5.75 Å². The predicted molar refractivity (Wildman–Crippen MR) is 73.5 cm³/mol. The minimum atomic E-state index is -0.200. The van der Waals surface area contributed by atoms with Gasteiger partial charge in [-0.15, -0.1) is 0 Å². The lowest BCUT2D eigenvalue weighted by atomic mass is 10.0. The van der Waals surface area contributed by atoms with Crippen LogP contribution in [-0.2, 0) is 4.79 Å². The van der Waals surface area contributed by atoms with Crippen LogP contribution >= 0.6 is 0 Å². The van der Waals surface area contributed by atoms with Gasteiger partial charge in [0.15, 0.2) is 0 Å². The van der Waals surface area contributed by atoms with Crippen molar-refractivity contribution in [2.45, 2.75) is 20.8 Å². The van der Waals surface area contributed by atoms with Gasteiger partial charge in [0, 0.05) is 20.0 Å². The highest BCUT2D eigenvalue weighted by Gasteiger charge is 2.14. The highest BCUT2D eigenvalue weighted by molar-refractivity contribution is 5.97. The molecule has 1 rings (SSSR count). The summed E-state index contributed by atoms with van der Waals surface area (Å²) in [4.78, 5) is 22.8. The van der Waals surface area contributed by atoms with Crippen LogP contribution in [0.5, 0.6) is 5.75 Å². The quantitative estimate of drug-likeness (QED) is 0.785. The zero-order valence-corrected chi connectivity index (χ0v) is 11.8. The average Bonchev–Trinajstić information content (AvgIpc) is 2.33. The maximum Gasteiger partial charge on any atom is 0.255 e. The van der Waals surface area contributed by atoms with Crippen molar-refractivity contribution in [1.29, 1.82) is 0 Å². The normalized spacial score (nSPS) is 9.89. The van der Waals surface area contributed by atoms with Crippen LogP contribution in [0, 0.1) is 13.8 Å². The van der Waals surface area contributed by atoms with Gasteiger partial charge in [0.2, 0.25) is 5.91 Å². The molecule has 0 atom stereocenters. The molecule has 0 saturated carbocycles. The van der Waals surface area contributed by atoms with E-state index in [1.165, 1.54) is 6.92 Å². The average molecular weight is 264 g/mol. The minimum Gasteiger partial charge on any atom is -0.496 e. The van der Waals surface area contributed by atoms with E-state index in [9.17, 15) is 9.59 Å². The number of benzene rings is 1. The summed E-state index contributed by atoms with van der Waals surface area (Å²) in [5.74, 6) is 0.273. The second-order valence-electron chi connectivity index (χ2n) is 4.40. The fraction of sp³-hybridized carbons (Fsp3) is 0.429. The lowest BCUT2D eigenvalue weighted by Crippen LogP contribution is -2.33. The van der Waals surface area contributed by atoms with Crippen molar-refractivity contribution in [3.05, 3.63) is 28.8 Å². The molecule has 0 radical (unpaired) electrons. The molecule has 0 heterocycles. The number of hydrogen-bond donors (Lipinski definition) is 2. The highest BCUT2D eigenvalue weighted by atomic mass is 16.5. The molecule has 0 saturated heterocycles. The zero-order valence-electron chi connectivity index (χ0n) is 11.8. The number of nitrogens with one attached hydrogen (secondary N) is 2. The number of carbonyl (C=O) groups excluding carboxylic acids is 2. The van der Waals surface area contributed by atoms with Gasteiger partial charge in [-0.2, -0.15) is 0 Å². The van der Waals surface area contributed by atoms with Gasteiger partial charge in [-0.25, -0.2) is 0 Å². The topological polar surface area (TPSA) is 67.4 Å². The maximum absolute atomic E-state index is 12.1. The van der Waals surface area contributed by atoms with Gasteiger partial charge >= 0.3 is 0 Å². The summed E-state index contributed by atoms with van der Waals surface area (Å²) >= 11 is 0. The van der Waals surface area contributed by atoms with E-state index in [0.717, 1.165) is 11.1 Å². The van der Waals surface area contributed by atoms with Crippen molar-refractivity contribution in [2.24, 2.45) is 0 Å². The predicted octanol–water partition coefficient (Wildman–Crippen LogP) is 1.18. The smallest absolute Gasteiger partial charge is 0.255 e. The monoisotopic (exact) mass is 264 g/mol. The molecule has 104 valence electrons. The Morgan fingerprint density at radius 2 is 1.79 bits per heavy atom. The van der Waals surface area contributed by atoms with Crippen molar-refractivity contribution in [3.63, 3.8) is 0 Å². The Labute approximate surface area is 113 Å². The van der Waals surface area contributed by atoms with Crippen LogP contribution < -0.4 is 15.4 Å². The molecule has 0 aromatic heterocycles. The van der Waals surface area contributed by atoms with Crippen LogP contribution in [-0.4, -0.2) is 32.0 Å². The summed E-state index contributed by atoms with van der Waals surface area (Å²) < 4.78 is 5.27. The molecule has 2 amide bonds. The summed E-state index contributed by atoms with van der Waals surface area (Å²) in [7, 11) is 1.55. The lowest BCUT2D eigenvalue weighted by molar-refractivity contribution is -0.118. The number of carbonyl (C=O) groups is 2. The van der Waals surface area contributed by atoms with Crippen LogP contribution in [0.3, 0.4) is 0 Å². The summed E-state index contributed by atoms with van der Waals surface area (Å²) in [6.45, 7) is 6.07. The summed E-state index contributed by atoms with van der Waals surface area (Å²) in [6, 6.07) is 3.76. The zero-order chi connectivity index (χ0) is 14.4. The molecule has 0 unspecified atom stereocenters. The first-order valence-electron chi connectivity index (χ1n) is 6.13. The third-order valence-electron chi connectivity index (χ3n) is 2.65. The Bertz CT molecular complexity index is 484. The maximum atomic E-state index is 12.1. The number of ether oxygens (including phenoxy) is 1. The summed E-state index contributed by atoms with van der Waals surface area (Å²) in [5, 5.41) is 5.37. The van der Waals surface area contributed by atoms with Crippen LogP contribution in [0.25, 0.3) is 0 Å². The first-order chi connectivity index (χ1) is 8.95. The summed E-state index contributed by atoms with van der Waals surface area (Å²) in [6.07, 6.45) is 0. The lowest BCUT2D eigenvalue weighted by Gasteiger charge is -2.13. The SMILES string of the molecule is COc1c(C)cc(C)cc1C(=O)NCCNC(C)=O. The second-order valence-corrected chi connectivity index (χ2v) is 4.40. The van der Waals surface area contributed by atoms with Crippen LogP contribution in [0.2, 0.25) is 0 Å². The molecule has 0 spiro atoms.